The van der Waals surface area contributed by atoms with E-state index in [4.69, 9.17) is 4.74 Å². The summed E-state index contributed by atoms with van der Waals surface area (Å²) in [7, 11) is 0. The lowest BCUT2D eigenvalue weighted by Gasteiger charge is -2.39. The van der Waals surface area contributed by atoms with Crippen molar-refractivity contribution in [1.29, 1.82) is 0 Å². The third-order valence-corrected chi connectivity index (χ3v) is 5.74. The van der Waals surface area contributed by atoms with E-state index < -0.39 is 0 Å². The minimum absolute atomic E-state index is 0.0116. The summed E-state index contributed by atoms with van der Waals surface area (Å²) >= 11 is 0. The number of ether oxygens (including phenoxy) is 1. The fraction of sp³-hybridized carbons (Fsp3) is 0.652. The van der Waals surface area contributed by atoms with Gasteiger partial charge in [-0.15, -0.1) is 0 Å². The van der Waals surface area contributed by atoms with Crippen LogP contribution in [0.15, 0.2) is 24.3 Å². The molecule has 1 aromatic rings. The molecule has 2 atom stereocenters. The zero-order valence-corrected chi connectivity index (χ0v) is 18.7. The molecule has 0 bridgehead atoms. The molecule has 2 saturated heterocycles. The fourth-order valence-corrected chi connectivity index (χ4v) is 4.49. The van der Waals surface area contributed by atoms with Crippen molar-refractivity contribution in [3.05, 3.63) is 29.8 Å². The fourth-order valence-electron chi connectivity index (χ4n) is 4.49. The Bertz CT molecular complexity index is 721. The zero-order valence-electron chi connectivity index (χ0n) is 18.7. The number of carbonyl (C=O) groups is 2. The number of hydrogen-bond acceptors (Lipinski definition) is 4. The number of anilines is 1. The molecule has 2 heterocycles. The number of nitrogens with one attached hydrogen (secondary N) is 2. The van der Waals surface area contributed by atoms with Crippen molar-refractivity contribution in [3.8, 4) is 0 Å². The molecule has 2 aliphatic heterocycles. The van der Waals surface area contributed by atoms with Crippen molar-refractivity contribution in [3.63, 3.8) is 0 Å². The lowest BCUT2D eigenvalue weighted by Crippen LogP contribution is -2.48. The molecule has 0 radical (unpaired) electrons. The van der Waals surface area contributed by atoms with Crippen molar-refractivity contribution >= 4 is 17.6 Å². The second-order valence-corrected chi connectivity index (χ2v) is 9.01. The smallest absolute Gasteiger partial charge is 0.319 e. The van der Waals surface area contributed by atoms with Gasteiger partial charge in [0.05, 0.1) is 23.5 Å². The number of nitrogens with zero attached hydrogens (tertiary/aromatic N) is 2. The summed E-state index contributed by atoms with van der Waals surface area (Å²) in [6.07, 6.45) is 2.59. The Labute approximate surface area is 180 Å². The zero-order chi connectivity index (χ0) is 21.7. The quantitative estimate of drug-likeness (QED) is 0.773. The first-order valence-corrected chi connectivity index (χ1v) is 11.2. The third-order valence-electron chi connectivity index (χ3n) is 5.74. The van der Waals surface area contributed by atoms with E-state index in [1.807, 2.05) is 30.9 Å². The summed E-state index contributed by atoms with van der Waals surface area (Å²) in [5.41, 5.74) is 1.10. The second-order valence-electron chi connectivity index (χ2n) is 9.01. The van der Waals surface area contributed by atoms with Gasteiger partial charge in [0, 0.05) is 38.8 Å². The number of rotatable bonds is 5. The highest BCUT2D eigenvalue weighted by Gasteiger charge is 2.29. The van der Waals surface area contributed by atoms with Crippen LogP contribution in [-0.2, 0) is 4.74 Å². The van der Waals surface area contributed by atoms with Crippen LogP contribution in [0.3, 0.4) is 0 Å². The van der Waals surface area contributed by atoms with E-state index in [9.17, 15) is 9.59 Å². The highest BCUT2D eigenvalue weighted by molar-refractivity contribution is 6.03. The number of urea groups is 1. The topological polar surface area (TPSA) is 73.9 Å². The molecule has 7 heteroatoms. The van der Waals surface area contributed by atoms with Crippen LogP contribution in [0.25, 0.3) is 0 Å². The van der Waals surface area contributed by atoms with Crippen LogP contribution in [0.5, 0.6) is 0 Å². The number of carbonyl (C=O) groups excluding carboxylic acids is 2. The summed E-state index contributed by atoms with van der Waals surface area (Å²) in [6.45, 7) is 12.6. The molecular weight excluding hydrogens is 380 g/mol. The first-order chi connectivity index (χ1) is 14.3. The molecule has 0 aromatic heterocycles. The first kappa shape index (κ1) is 22.6. The molecule has 0 saturated carbocycles. The largest absolute Gasteiger partial charge is 0.373 e. The Morgan fingerprint density at radius 2 is 1.73 bits per heavy atom. The Kier molecular flexibility index (Phi) is 7.72. The van der Waals surface area contributed by atoms with Gasteiger partial charge in [0.2, 0.25) is 0 Å². The van der Waals surface area contributed by atoms with E-state index in [1.165, 1.54) is 0 Å². The maximum absolute atomic E-state index is 13.1. The van der Waals surface area contributed by atoms with Crippen molar-refractivity contribution in [2.45, 2.75) is 58.8 Å². The third kappa shape index (κ3) is 6.19. The highest BCUT2D eigenvalue weighted by Crippen LogP contribution is 2.24. The van der Waals surface area contributed by atoms with E-state index in [1.54, 1.807) is 12.1 Å². The van der Waals surface area contributed by atoms with Crippen molar-refractivity contribution < 1.29 is 14.3 Å². The monoisotopic (exact) mass is 416 g/mol. The van der Waals surface area contributed by atoms with Crippen molar-refractivity contribution in [2.24, 2.45) is 5.92 Å². The summed E-state index contributed by atoms with van der Waals surface area (Å²) in [6, 6.07) is 6.98. The van der Waals surface area contributed by atoms with Crippen LogP contribution < -0.4 is 10.6 Å². The molecule has 3 amide bonds. The number of para-hydroxylation sites is 1. The summed E-state index contributed by atoms with van der Waals surface area (Å²) in [5, 5.41) is 5.62. The molecule has 2 fully saturated rings. The number of benzene rings is 1. The van der Waals surface area contributed by atoms with Gasteiger partial charge in [0.15, 0.2) is 0 Å². The predicted octanol–water partition coefficient (Wildman–Crippen LogP) is 3.18. The van der Waals surface area contributed by atoms with Gasteiger partial charge in [0.25, 0.3) is 5.91 Å². The van der Waals surface area contributed by atoms with Gasteiger partial charge in [-0.3, -0.25) is 9.69 Å². The van der Waals surface area contributed by atoms with Gasteiger partial charge in [0.1, 0.15) is 0 Å². The highest BCUT2D eigenvalue weighted by atomic mass is 16.5. The summed E-state index contributed by atoms with van der Waals surface area (Å²) in [4.78, 5) is 29.7. The second kappa shape index (κ2) is 10.3. The number of amides is 3. The Hall–Kier alpha value is -2.12. The normalized spacial score (nSPS) is 23.4. The van der Waals surface area contributed by atoms with E-state index in [-0.39, 0.29) is 30.2 Å². The maximum atomic E-state index is 13.1. The summed E-state index contributed by atoms with van der Waals surface area (Å²) in [5.74, 6) is 0.597. The van der Waals surface area contributed by atoms with Gasteiger partial charge in [-0.1, -0.05) is 12.1 Å². The Morgan fingerprint density at radius 1 is 1.10 bits per heavy atom. The standard InChI is InChI=1S/C23H36N4O3/c1-16(2)24-23(29)25-21-8-6-5-7-20(21)22(28)27-11-9-19(10-12-27)15-26-13-17(3)30-18(4)14-26/h5-8,16-19H,9-15H2,1-4H3,(H2,24,25,29). The number of morpholine rings is 1. The van der Waals surface area contributed by atoms with Crippen LogP contribution in [0, 0.1) is 5.92 Å². The van der Waals surface area contributed by atoms with E-state index in [2.05, 4.69) is 29.4 Å². The molecule has 0 aliphatic carbocycles. The van der Waals surface area contributed by atoms with Crippen molar-refractivity contribution in [2.75, 3.05) is 38.0 Å². The van der Waals surface area contributed by atoms with E-state index in [0.29, 0.717) is 17.2 Å². The average Bonchev–Trinajstić information content (AvgIpc) is 2.67. The molecule has 30 heavy (non-hydrogen) atoms. The lowest BCUT2D eigenvalue weighted by molar-refractivity contribution is -0.0728. The SMILES string of the molecule is CC(C)NC(=O)Nc1ccccc1C(=O)N1CCC(CN2CC(C)OC(C)C2)CC1. The summed E-state index contributed by atoms with van der Waals surface area (Å²) < 4.78 is 5.83. The van der Waals surface area contributed by atoms with Gasteiger partial charge < -0.3 is 20.3 Å². The molecule has 2 unspecified atom stereocenters. The molecule has 2 N–H and O–H groups in total. The van der Waals surface area contributed by atoms with E-state index >= 15 is 0 Å². The Balaban J connectivity index is 1.55. The number of likely N-dealkylation sites (tertiary alicyclic amines) is 1. The molecule has 2 aliphatic rings. The van der Waals surface area contributed by atoms with Crippen molar-refractivity contribution in [1.82, 2.24) is 15.1 Å². The molecule has 7 nitrogen and oxygen atoms in total. The molecule has 0 spiro atoms. The number of hydrogen-bond donors (Lipinski definition) is 2. The average molecular weight is 417 g/mol. The van der Waals surface area contributed by atoms with Gasteiger partial charge in [-0.25, -0.2) is 4.79 Å². The first-order valence-electron chi connectivity index (χ1n) is 11.2. The molecule has 166 valence electrons. The predicted molar refractivity (Wildman–Crippen MR) is 119 cm³/mol. The molecule has 3 rings (SSSR count). The lowest BCUT2D eigenvalue weighted by atomic mass is 9.95. The Morgan fingerprint density at radius 3 is 2.37 bits per heavy atom. The number of piperidine rings is 1. The molecule has 1 aromatic carbocycles. The van der Waals surface area contributed by atoms with E-state index in [0.717, 1.165) is 45.6 Å². The van der Waals surface area contributed by atoms with Crippen LogP contribution >= 0.6 is 0 Å². The van der Waals surface area contributed by atoms with Crippen LogP contribution in [0.2, 0.25) is 0 Å². The minimum atomic E-state index is -0.294. The maximum Gasteiger partial charge on any atom is 0.319 e. The van der Waals surface area contributed by atoms with Gasteiger partial charge >= 0.3 is 6.03 Å². The van der Waals surface area contributed by atoms with Crippen LogP contribution in [-0.4, -0.2) is 72.7 Å². The molecular formula is C23H36N4O3. The van der Waals surface area contributed by atoms with Crippen LogP contribution in [0.4, 0.5) is 10.5 Å². The van der Waals surface area contributed by atoms with Crippen LogP contribution in [0.1, 0.15) is 50.9 Å². The van der Waals surface area contributed by atoms with Gasteiger partial charge in [-0.2, -0.15) is 0 Å². The minimum Gasteiger partial charge on any atom is -0.373 e. The van der Waals surface area contributed by atoms with Gasteiger partial charge in [-0.05, 0) is 58.6 Å².